The minimum Gasteiger partial charge on any atom is -0.497 e. The average Bonchev–Trinajstić information content (AvgIpc) is 3.62. The molecule has 2 bridgehead atoms. The van der Waals surface area contributed by atoms with Gasteiger partial charge in [-0.15, -0.1) is 10.2 Å². The highest BCUT2D eigenvalue weighted by Gasteiger charge is 2.52. The molecule has 11 nitrogen and oxygen atoms in total. The van der Waals surface area contributed by atoms with Crippen LogP contribution in [-0.2, 0) is 6.61 Å². The normalized spacial score (nSPS) is 27.7. The van der Waals surface area contributed by atoms with Crippen molar-refractivity contribution in [2.75, 3.05) is 26.7 Å². The summed E-state index contributed by atoms with van der Waals surface area (Å²) in [4.78, 5) is 14.5. The van der Waals surface area contributed by atoms with Crippen LogP contribution in [0.3, 0.4) is 0 Å². The molecule has 7 heterocycles. The number of aliphatic hydroxyl groups is 2. The molecule has 4 aliphatic heterocycles. The van der Waals surface area contributed by atoms with Gasteiger partial charge in [-0.1, -0.05) is 38.5 Å². The van der Waals surface area contributed by atoms with Crippen molar-refractivity contribution < 1.29 is 24.4 Å². The van der Waals surface area contributed by atoms with Crippen molar-refractivity contribution in [2.24, 2.45) is 17.8 Å². The molecule has 0 radical (unpaired) electrons. The predicted molar refractivity (Wildman–Crippen MR) is 232 cm³/mol. The molecule has 3 aromatic heterocycles. The minimum absolute atomic E-state index is 0.0130. The summed E-state index contributed by atoms with van der Waals surface area (Å²) in [5, 5.41) is 35.1. The lowest BCUT2D eigenvalue weighted by Gasteiger charge is -2.55. The number of aromatic nitrogens is 4. The third-order valence-corrected chi connectivity index (χ3v) is 14.9. The smallest absolute Gasteiger partial charge is 0.242 e. The molecule has 60 heavy (non-hydrogen) atoms. The fourth-order valence-electron chi connectivity index (χ4n) is 11.5. The Bertz CT molecular complexity index is 2540. The Morgan fingerprint density at radius 3 is 2.22 bits per heavy atom. The monoisotopic (exact) mass is 808 g/mol. The van der Waals surface area contributed by atoms with Gasteiger partial charge in [0.05, 0.1) is 47.2 Å². The van der Waals surface area contributed by atoms with Crippen molar-refractivity contribution in [3.63, 3.8) is 0 Å². The number of rotatable bonds is 13. The molecule has 11 heteroatoms. The predicted octanol–water partition coefficient (Wildman–Crippen LogP) is 8.21. The second-order valence-electron chi connectivity index (χ2n) is 17.7. The summed E-state index contributed by atoms with van der Waals surface area (Å²) in [6.45, 7) is 9.16. The number of pyridine rings is 2. The SMILES string of the molecule is CC[C@H]1CC2[C@H]1CCN2[C@H](C)[C@H](Oc1nnc(O[C@@H](c2ccnc3ccc(OC)cc23)[C@H]2CC3CCN2CC3(O)CC)c2ccccc12)c1ccnc2ccc(CO)cc12. The van der Waals surface area contributed by atoms with Gasteiger partial charge >= 0.3 is 0 Å². The zero-order chi connectivity index (χ0) is 41.1. The van der Waals surface area contributed by atoms with Crippen LogP contribution in [0.1, 0.15) is 88.2 Å². The minimum atomic E-state index is -0.714. The van der Waals surface area contributed by atoms with E-state index >= 15 is 0 Å². The van der Waals surface area contributed by atoms with Crippen LogP contribution in [0.15, 0.2) is 85.2 Å². The van der Waals surface area contributed by atoms with Crippen molar-refractivity contribution in [1.29, 1.82) is 0 Å². The quantitative estimate of drug-likeness (QED) is 0.117. The van der Waals surface area contributed by atoms with Crippen LogP contribution in [0.4, 0.5) is 0 Å². The maximum atomic E-state index is 11.7. The van der Waals surface area contributed by atoms with Crippen molar-refractivity contribution >= 4 is 32.6 Å². The molecule has 4 saturated heterocycles. The van der Waals surface area contributed by atoms with Gasteiger partial charge in [0, 0.05) is 52.9 Å². The summed E-state index contributed by atoms with van der Waals surface area (Å²) in [5.41, 5.74) is 3.84. The first kappa shape index (κ1) is 39.2. The molecule has 5 aliphatic rings. The van der Waals surface area contributed by atoms with E-state index in [0.29, 0.717) is 24.3 Å². The van der Waals surface area contributed by atoms with Crippen LogP contribution in [0.25, 0.3) is 32.6 Å². The van der Waals surface area contributed by atoms with Crippen molar-refractivity contribution in [3.8, 4) is 17.5 Å². The molecule has 6 aromatic rings. The van der Waals surface area contributed by atoms with Gasteiger partial charge in [-0.05, 0) is 130 Å². The molecule has 1 saturated carbocycles. The van der Waals surface area contributed by atoms with Gasteiger partial charge in [0.2, 0.25) is 11.8 Å². The largest absolute Gasteiger partial charge is 0.497 e. The molecule has 10 atom stereocenters. The maximum Gasteiger partial charge on any atom is 0.242 e. The summed E-state index contributed by atoms with van der Waals surface area (Å²) in [6, 6.07) is 24.7. The standard InChI is InChI=1S/C49H56N6O5/c1-5-31-24-43-34(31)18-22-55(43)29(3)45(35-15-19-50-41-13-11-30(27-56)23-39(35)41)59-47-37-9-7-8-10-38(37)48(53-52-47)60-46(44-25-32-17-21-54(44)28-49(32,57)6-2)36-16-20-51-42-14-12-33(58-4)26-40(36)42/h7-16,19-20,23,26,29,31-32,34,43-46,56-57H,5-6,17-18,21-22,24-25,27-28H2,1-4H3/t29-,31+,32?,34+,43?,44-,45+,46+,49?/m1/s1. The fourth-order valence-corrected chi connectivity index (χ4v) is 11.5. The fraction of sp³-hybridized carbons (Fsp3) is 0.469. The van der Waals surface area contributed by atoms with Crippen LogP contribution in [0.2, 0.25) is 0 Å². The van der Waals surface area contributed by atoms with Crippen LogP contribution >= 0.6 is 0 Å². The van der Waals surface area contributed by atoms with Crippen LogP contribution in [0, 0.1) is 17.8 Å². The van der Waals surface area contributed by atoms with E-state index in [2.05, 4.69) is 42.7 Å². The highest BCUT2D eigenvalue weighted by atomic mass is 16.5. The van der Waals surface area contributed by atoms with Gasteiger partial charge in [0.15, 0.2) is 0 Å². The summed E-state index contributed by atoms with van der Waals surface area (Å²) >= 11 is 0. The molecule has 3 aromatic carbocycles. The number of methoxy groups -OCH3 is 1. The molecule has 0 amide bonds. The van der Waals surface area contributed by atoms with Crippen LogP contribution in [-0.4, -0.2) is 90.6 Å². The average molecular weight is 809 g/mol. The number of aliphatic hydroxyl groups excluding tert-OH is 1. The lowest BCUT2D eigenvalue weighted by molar-refractivity contribution is -0.150. The Labute approximate surface area is 351 Å². The van der Waals surface area contributed by atoms with E-state index in [0.717, 1.165) is 99.2 Å². The van der Waals surface area contributed by atoms with E-state index in [1.165, 1.54) is 19.3 Å². The molecule has 5 fully saturated rings. The lowest BCUT2D eigenvalue weighted by Crippen LogP contribution is -2.64. The number of likely N-dealkylation sites (tertiary alicyclic amines) is 1. The number of nitrogens with zero attached hydrogens (tertiary/aromatic N) is 6. The first-order valence-electron chi connectivity index (χ1n) is 22.0. The maximum absolute atomic E-state index is 11.7. The lowest BCUT2D eigenvalue weighted by atomic mass is 9.68. The van der Waals surface area contributed by atoms with E-state index in [-0.39, 0.29) is 24.6 Å². The zero-order valence-electron chi connectivity index (χ0n) is 35.1. The first-order valence-corrected chi connectivity index (χ1v) is 22.0. The van der Waals surface area contributed by atoms with E-state index in [9.17, 15) is 10.2 Å². The Kier molecular flexibility index (Phi) is 10.3. The Balaban J connectivity index is 1.05. The number of piperidine rings is 3. The third-order valence-electron chi connectivity index (χ3n) is 14.9. The molecular weight excluding hydrogens is 753 g/mol. The number of benzene rings is 3. The highest BCUT2D eigenvalue weighted by molar-refractivity contribution is 5.91. The molecule has 4 unspecified atom stereocenters. The van der Waals surface area contributed by atoms with Crippen molar-refractivity contribution in [2.45, 2.75) is 102 Å². The number of hydrogen-bond donors (Lipinski definition) is 2. The second kappa shape index (κ2) is 15.8. The summed E-state index contributed by atoms with van der Waals surface area (Å²) < 4.78 is 20.2. The van der Waals surface area contributed by atoms with Crippen molar-refractivity contribution in [1.82, 2.24) is 30.0 Å². The molecule has 11 rings (SSSR count). The van der Waals surface area contributed by atoms with Crippen molar-refractivity contribution in [3.05, 3.63) is 102 Å². The van der Waals surface area contributed by atoms with E-state index in [1.54, 1.807) is 7.11 Å². The van der Waals surface area contributed by atoms with Gasteiger partial charge in [-0.3, -0.25) is 19.8 Å². The van der Waals surface area contributed by atoms with Gasteiger partial charge in [-0.2, -0.15) is 0 Å². The molecule has 0 spiro atoms. The van der Waals surface area contributed by atoms with Crippen LogP contribution < -0.4 is 14.2 Å². The number of fused-ring (bicyclic) bond motifs is 7. The van der Waals surface area contributed by atoms with Gasteiger partial charge in [0.1, 0.15) is 18.0 Å². The highest BCUT2D eigenvalue weighted by Crippen LogP contribution is 2.50. The molecule has 1 aliphatic carbocycles. The third kappa shape index (κ3) is 6.65. The molecule has 312 valence electrons. The number of hydrogen-bond acceptors (Lipinski definition) is 11. The van der Waals surface area contributed by atoms with Crippen LogP contribution in [0.5, 0.6) is 17.5 Å². The topological polar surface area (TPSA) is 126 Å². The van der Waals surface area contributed by atoms with E-state index < -0.39 is 17.8 Å². The van der Waals surface area contributed by atoms with Gasteiger partial charge in [0.25, 0.3) is 0 Å². The van der Waals surface area contributed by atoms with E-state index in [4.69, 9.17) is 34.4 Å². The summed E-state index contributed by atoms with van der Waals surface area (Å²) in [7, 11) is 1.68. The van der Waals surface area contributed by atoms with E-state index in [1.807, 2.05) is 73.1 Å². The van der Waals surface area contributed by atoms with Gasteiger partial charge < -0.3 is 24.4 Å². The zero-order valence-corrected chi connectivity index (χ0v) is 35.1. The number of ether oxygens (including phenoxy) is 3. The summed E-state index contributed by atoms with van der Waals surface area (Å²) in [6.07, 6.45) is 8.99. The Morgan fingerprint density at radius 2 is 1.53 bits per heavy atom. The Morgan fingerprint density at radius 1 is 0.817 bits per heavy atom. The summed E-state index contributed by atoms with van der Waals surface area (Å²) in [5.74, 6) is 3.30. The first-order chi connectivity index (χ1) is 29.3. The Hall–Kier alpha value is -4.94. The molecular formula is C49H56N6O5. The van der Waals surface area contributed by atoms with Gasteiger partial charge in [-0.25, -0.2) is 0 Å². The molecule has 2 N–H and O–H groups in total. The second-order valence-corrected chi connectivity index (χ2v) is 17.7.